The minimum absolute atomic E-state index is 0.198. The van der Waals surface area contributed by atoms with E-state index < -0.39 is 11.7 Å². The standard InChI is InChI=1S/C22H28N2O5/c1-22(2,3)29-21(26)24-17-8-6-15(7-9-17)20(25)23-13-12-16-14-18(27-4)10-11-19(16)28-5/h6-11,14H,12-13H2,1-5H3,(H,23,25)(H,24,26). The lowest BCUT2D eigenvalue weighted by atomic mass is 10.1. The van der Waals surface area contributed by atoms with E-state index in [0.29, 0.717) is 24.2 Å². The lowest BCUT2D eigenvalue weighted by molar-refractivity contribution is 0.0635. The second-order valence-electron chi connectivity index (χ2n) is 7.39. The molecule has 2 aromatic rings. The molecule has 7 heteroatoms. The summed E-state index contributed by atoms with van der Waals surface area (Å²) in [5, 5.41) is 5.51. The molecule has 29 heavy (non-hydrogen) atoms. The fourth-order valence-corrected chi connectivity index (χ4v) is 2.62. The Kier molecular flexibility index (Phi) is 7.47. The van der Waals surface area contributed by atoms with Crippen LogP contribution in [-0.4, -0.2) is 38.4 Å². The van der Waals surface area contributed by atoms with Crippen LogP contribution in [0.25, 0.3) is 0 Å². The maximum absolute atomic E-state index is 12.4. The number of benzene rings is 2. The van der Waals surface area contributed by atoms with Crippen molar-refractivity contribution in [3.8, 4) is 11.5 Å². The Labute approximate surface area is 171 Å². The Bertz CT molecular complexity index is 841. The van der Waals surface area contributed by atoms with Gasteiger partial charge in [-0.15, -0.1) is 0 Å². The normalized spacial score (nSPS) is 10.8. The molecule has 2 amide bonds. The number of amides is 2. The zero-order valence-electron chi connectivity index (χ0n) is 17.5. The first-order valence-corrected chi connectivity index (χ1v) is 9.31. The van der Waals surface area contributed by atoms with Crippen LogP contribution < -0.4 is 20.1 Å². The van der Waals surface area contributed by atoms with Gasteiger partial charge in [0.05, 0.1) is 14.2 Å². The van der Waals surface area contributed by atoms with Gasteiger partial charge in [-0.3, -0.25) is 10.1 Å². The molecule has 0 heterocycles. The number of rotatable bonds is 7. The van der Waals surface area contributed by atoms with Gasteiger partial charge in [0.1, 0.15) is 17.1 Å². The maximum Gasteiger partial charge on any atom is 0.412 e. The first-order chi connectivity index (χ1) is 13.7. The van der Waals surface area contributed by atoms with E-state index in [-0.39, 0.29) is 5.91 Å². The van der Waals surface area contributed by atoms with Crippen LogP contribution in [0.3, 0.4) is 0 Å². The second kappa shape index (κ2) is 9.82. The third-order valence-corrected chi connectivity index (χ3v) is 3.96. The van der Waals surface area contributed by atoms with Crippen molar-refractivity contribution < 1.29 is 23.8 Å². The van der Waals surface area contributed by atoms with Gasteiger partial charge in [0, 0.05) is 17.8 Å². The summed E-state index contributed by atoms with van der Waals surface area (Å²) in [6.45, 7) is 5.82. The van der Waals surface area contributed by atoms with Gasteiger partial charge in [0.25, 0.3) is 5.91 Å². The summed E-state index contributed by atoms with van der Waals surface area (Å²) in [6, 6.07) is 12.2. The predicted octanol–water partition coefficient (Wildman–Crippen LogP) is 4.02. The van der Waals surface area contributed by atoms with Gasteiger partial charge in [-0.1, -0.05) is 0 Å². The van der Waals surface area contributed by atoms with Crippen LogP contribution in [0.1, 0.15) is 36.7 Å². The summed E-state index contributed by atoms with van der Waals surface area (Å²) in [6.07, 6.45) is 0.0617. The number of carbonyl (C=O) groups excluding carboxylic acids is 2. The second-order valence-corrected chi connectivity index (χ2v) is 7.39. The van der Waals surface area contributed by atoms with Gasteiger partial charge in [-0.05, 0) is 75.2 Å². The highest BCUT2D eigenvalue weighted by atomic mass is 16.6. The molecule has 0 aromatic heterocycles. The summed E-state index contributed by atoms with van der Waals surface area (Å²) in [4.78, 5) is 24.1. The van der Waals surface area contributed by atoms with Gasteiger partial charge >= 0.3 is 6.09 Å². The molecule has 0 bridgehead atoms. The number of nitrogens with one attached hydrogen (secondary N) is 2. The third kappa shape index (κ3) is 7.03. The van der Waals surface area contributed by atoms with Crippen molar-refractivity contribution in [2.45, 2.75) is 32.8 Å². The molecule has 0 aliphatic rings. The van der Waals surface area contributed by atoms with E-state index in [9.17, 15) is 9.59 Å². The van der Waals surface area contributed by atoms with Gasteiger partial charge in [0.2, 0.25) is 0 Å². The summed E-state index contributed by atoms with van der Waals surface area (Å²) in [5.41, 5.74) is 1.42. The topological polar surface area (TPSA) is 85.9 Å². The lowest BCUT2D eigenvalue weighted by Crippen LogP contribution is -2.27. The largest absolute Gasteiger partial charge is 0.497 e. The van der Waals surface area contributed by atoms with E-state index in [1.807, 2.05) is 18.2 Å². The van der Waals surface area contributed by atoms with Gasteiger partial charge in [-0.25, -0.2) is 4.79 Å². The van der Waals surface area contributed by atoms with E-state index in [4.69, 9.17) is 14.2 Å². The van der Waals surface area contributed by atoms with Crippen LogP contribution in [0, 0.1) is 0 Å². The van der Waals surface area contributed by atoms with E-state index in [2.05, 4.69) is 10.6 Å². The van der Waals surface area contributed by atoms with E-state index in [1.165, 1.54) is 0 Å². The number of hydrogen-bond donors (Lipinski definition) is 2. The Morgan fingerprint density at radius 1 is 0.966 bits per heavy atom. The lowest BCUT2D eigenvalue weighted by Gasteiger charge is -2.19. The molecule has 2 N–H and O–H groups in total. The van der Waals surface area contributed by atoms with Crippen LogP contribution in [0.15, 0.2) is 42.5 Å². The Morgan fingerprint density at radius 2 is 1.66 bits per heavy atom. The van der Waals surface area contributed by atoms with Crippen molar-refractivity contribution in [1.29, 1.82) is 0 Å². The number of ether oxygens (including phenoxy) is 3. The molecule has 0 radical (unpaired) electrons. The van der Waals surface area contributed by atoms with Gasteiger partial charge < -0.3 is 19.5 Å². The zero-order valence-corrected chi connectivity index (χ0v) is 17.5. The summed E-state index contributed by atoms with van der Waals surface area (Å²) < 4.78 is 15.8. The average molecular weight is 400 g/mol. The van der Waals surface area contributed by atoms with Crippen molar-refractivity contribution in [2.75, 3.05) is 26.1 Å². The molecular weight excluding hydrogens is 372 g/mol. The Balaban J connectivity index is 1.89. The zero-order chi connectivity index (χ0) is 21.4. The number of anilines is 1. The molecule has 0 aliphatic carbocycles. The minimum atomic E-state index is -0.574. The van der Waals surface area contributed by atoms with Crippen LogP contribution >= 0.6 is 0 Å². The Morgan fingerprint density at radius 3 is 2.24 bits per heavy atom. The first-order valence-electron chi connectivity index (χ1n) is 9.31. The minimum Gasteiger partial charge on any atom is -0.497 e. The molecule has 7 nitrogen and oxygen atoms in total. The maximum atomic E-state index is 12.4. The molecule has 0 atom stereocenters. The van der Waals surface area contributed by atoms with Crippen molar-refractivity contribution in [2.24, 2.45) is 0 Å². The fourth-order valence-electron chi connectivity index (χ4n) is 2.62. The van der Waals surface area contributed by atoms with Crippen LogP contribution in [0.5, 0.6) is 11.5 Å². The highest BCUT2D eigenvalue weighted by molar-refractivity contribution is 5.95. The van der Waals surface area contributed by atoms with Crippen molar-refractivity contribution in [3.05, 3.63) is 53.6 Å². The number of hydrogen-bond acceptors (Lipinski definition) is 5. The van der Waals surface area contributed by atoms with Crippen molar-refractivity contribution in [3.63, 3.8) is 0 Å². The fraction of sp³-hybridized carbons (Fsp3) is 0.364. The molecule has 0 fully saturated rings. The van der Waals surface area contributed by atoms with Crippen molar-refractivity contribution in [1.82, 2.24) is 5.32 Å². The first kappa shape index (κ1) is 22.1. The van der Waals surface area contributed by atoms with Crippen molar-refractivity contribution >= 4 is 17.7 Å². The van der Waals surface area contributed by atoms with E-state index >= 15 is 0 Å². The average Bonchev–Trinajstić information content (AvgIpc) is 2.66. The molecule has 0 aliphatic heterocycles. The molecule has 0 spiro atoms. The molecular formula is C22H28N2O5. The molecule has 0 saturated heterocycles. The van der Waals surface area contributed by atoms with Gasteiger partial charge in [0.15, 0.2) is 0 Å². The number of methoxy groups -OCH3 is 2. The highest BCUT2D eigenvalue weighted by Gasteiger charge is 2.16. The summed E-state index contributed by atoms with van der Waals surface area (Å²) in [7, 11) is 3.21. The van der Waals surface area contributed by atoms with Crippen LogP contribution in [0.2, 0.25) is 0 Å². The van der Waals surface area contributed by atoms with E-state index in [1.54, 1.807) is 59.3 Å². The molecule has 156 valence electrons. The summed E-state index contributed by atoms with van der Waals surface area (Å²) in [5.74, 6) is 1.29. The van der Waals surface area contributed by atoms with Crippen LogP contribution in [-0.2, 0) is 11.2 Å². The van der Waals surface area contributed by atoms with Gasteiger partial charge in [-0.2, -0.15) is 0 Å². The smallest absolute Gasteiger partial charge is 0.412 e. The Hall–Kier alpha value is -3.22. The number of carbonyl (C=O) groups is 2. The predicted molar refractivity (Wildman–Crippen MR) is 112 cm³/mol. The highest BCUT2D eigenvalue weighted by Crippen LogP contribution is 2.24. The third-order valence-electron chi connectivity index (χ3n) is 3.96. The SMILES string of the molecule is COc1ccc(OC)c(CCNC(=O)c2ccc(NC(=O)OC(C)(C)C)cc2)c1. The quantitative estimate of drug-likeness (QED) is 0.733. The molecule has 2 rings (SSSR count). The van der Waals surface area contributed by atoms with Crippen LogP contribution in [0.4, 0.5) is 10.5 Å². The van der Waals surface area contributed by atoms with E-state index in [0.717, 1.165) is 17.1 Å². The summed E-state index contributed by atoms with van der Waals surface area (Å²) >= 11 is 0. The molecule has 2 aromatic carbocycles. The molecule has 0 saturated carbocycles. The monoisotopic (exact) mass is 400 g/mol. The molecule has 0 unspecified atom stereocenters.